The summed E-state index contributed by atoms with van der Waals surface area (Å²) in [5.74, 6) is 0.0517. The van der Waals surface area contributed by atoms with Crippen molar-refractivity contribution < 1.29 is 18.3 Å². The number of benzene rings is 1. The first-order valence-corrected chi connectivity index (χ1v) is 6.80. The van der Waals surface area contributed by atoms with E-state index in [0.717, 1.165) is 0 Å². The molecule has 1 aliphatic heterocycles. The minimum Gasteiger partial charge on any atom is -0.508 e. The van der Waals surface area contributed by atoms with Gasteiger partial charge < -0.3 is 9.84 Å². The van der Waals surface area contributed by atoms with Crippen LogP contribution in [0.1, 0.15) is 6.42 Å². The third kappa shape index (κ3) is 2.43. The summed E-state index contributed by atoms with van der Waals surface area (Å²) < 4.78 is 31.0. The van der Waals surface area contributed by atoms with Crippen LogP contribution in [0.5, 0.6) is 5.75 Å². The summed E-state index contributed by atoms with van der Waals surface area (Å²) in [6.07, 6.45) is 0.716. The maximum absolute atomic E-state index is 12.2. The maximum atomic E-state index is 12.2. The summed E-state index contributed by atoms with van der Waals surface area (Å²) in [6, 6.07) is 5.43. The molecule has 0 bridgehead atoms. The van der Waals surface area contributed by atoms with Crippen molar-refractivity contribution in [1.82, 2.24) is 4.31 Å². The van der Waals surface area contributed by atoms with E-state index in [1.807, 2.05) is 0 Å². The minimum absolute atomic E-state index is 0.0517. The summed E-state index contributed by atoms with van der Waals surface area (Å²) in [5, 5.41) is 9.14. The fraction of sp³-hybridized carbons (Fsp3) is 0.455. The molecule has 1 saturated heterocycles. The first-order chi connectivity index (χ1) is 8.01. The van der Waals surface area contributed by atoms with Gasteiger partial charge >= 0.3 is 0 Å². The highest BCUT2D eigenvalue weighted by Gasteiger charge is 2.30. The van der Waals surface area contributed by atoms with Gasteiger partial charge in [-0.3, -0.25) is 0 Å². The lowest BCUT2D eigenvalue weighted by Gasteiger charge is -2.22. The van der Waals surface area contributed by atoms with Crippen LogP contribution in [-0.2, 0) is 14.8 Å². The summed E-state index contributed by atoms with van der Waals surface area (Å²) in [5.41, 5.74) is 0. The normalized spacial score (nSPS) is 20.9. The van der Waals surface area contributed by atoms with Crippen molar-refractivity contribution in [3.05, 3.63) is 24.3 Å². The molecule has 1 atom stereocenters. The second kappa shape index (κ2) is 4.64. The fourth-order valence-corrected chi connectivity index (χ4v) is 3.16. The van der Waals surface area contributed by atoms with Gasteiger partial charge in [-0.2, -0.15) is 4.31 Å². The number of nitrogens with zero attached hydrogens (tertiary/aromatic N) is 1. The summed E-state index contributed by atoms with van der Waals surface area (Å²) in [4.78, 5) is 0.185. The topological polar surface area (TPSA) is 66.8 Å². The third-order valence-corrected chi connectivity index (χ3v) is 4.86. The zero-order valence-electron chi connectivity index (χ0n) is 9.54. The average molecular weight is 257 g/mol. The zero-order chi connectivity index (χ0) is 12.5. The molecule has 5 nitrogen and oxygen atoms in total. The molecule has 1 unspecified atom stereocenters. The molecule has 1 aromatic carbocycles. The van der Waals surface area contributed by atoms with Crippen molar-refractivity contribution in [2.24, 2.45) is 0 Å². The Labute approximate surface area is 101 Å². The van der Waals surface area contributed by atoms with E-state index in [1.165, 1.54) is 28.6 Å². The lowest BCUT2D eigenvalue weighted by molar-refractivity contribution is 0.181. The Balaban J connectivity index is 2.26. The quantitative estimate of drug-likeness (QED) is 0.870. The molecule has 0 radical (unpaired) electrons. The van der Waals surface area contributed by atoms with Crippen molar-refractivity contribution in [2.45, 2.75) is 17.4 Å². The molecule has 1 aliphatic rings. The van der Waals surface area contributed by atoms with E-state index >= 15 is 0 Å². The fourth-order valence-electron chi connectivity index (χ4n) is 1.79. The smallest absolute Gasteiger partial charge is 0.243 e. The Morgan fingerprint density at radius 1 is 1.35 bits per heavy atom. The maximum Gasteiger partial charge on any atom is 0.243 e. The first kappa shape index (κ1) is 12.3. The van der Waals surface area contributed by atoms with Crippen molar-refractivity contribution in [1.29, 1.82) is 0 Å². The van der Waals surface area contributed by atoms with E-state index in [9.17, 15) is 8.42 Å². The largest absolute Gasteiger partial charge is 0.508 e. The lowest BCUT2D eigenvalue weighted by Crippen LogP contribution is -2.37. The molecule has 0 spiro atoms. The van der Waals surface area contributed by atoms with Crippen molar-refractivity contribution in [3.63, 3.8) is 0 Å². The van der Waals surface area contributed by atoms with Crippen LogP contribution in [-0.4, -0.2) is 44.1 Å². The van der Waals surface area contributed by atoms with Gasteiger partial charge in [0.2, 0.25) is 10.0 Å². The highest BCUT2D eigenvalue weighted by atomic mass is 32.2. The van der Waals surface area contributed by atoms with Gasteiger partial charge in [0.05, 0.1) is 17.5 Å². The zero-order valence-corrected chi connectivity index (χ0v) is 10.4. The van der Waals surface area contributed by atoms with E-state index < -0.39 is 10.0 Å². The number of likely N-dealkylation sites (N-methyl/N-ethyl adjacent to an activating group) is 1. The Hall–Kier alpha value is -1.11. The molecule has 1 fully saturated rings. The van der Waals surface area contributed by atoms with Gasteiger partial charge in [-0.25, -0.2) is 8.42 Å². The van der Waals surface area contributed by atoms with Crippen LogP contribution in [0.4, 0.5) is 0 Å². The Morgan fingerprint density at radius 3 is 2.53 bits per heavy atom. The van der Waals surface area contributed by atoms with Gasteiger partial charge in [0.15, 0.2) is 0 Å². The molecule has 6 heteroatoms. The third-order valence-electron chi connectivity index (χ3n) is 2.93. The van der Waals surface area contributed by atoms with Crippen LogP contribution in [0, 0.1) is 0 Å². The number of hydrogen-bond donors (Lipinski definition) is 1. The van der Waals surface area contributed by atoms with Gasteiger partial charge in [0.25, 0.3) is 0 Å². The van der Waals surface area contributed by atoms with Crippen LogP contribution in [0.3, 0.4) is 0 Å². The number of ether oxygens (including phenoxy) is 1. The van der Waals surface area contributed by atoms with Crippen LogP contribution in [0.15, 0.2) is 29.2 Å². The minimum atomic E-state index is -3.50. The number of sulfonamides is 1. The van der Waals surface area contributed by atoms with Crippen LogP contribution in [0.2, 0.25) is 0 Å². The number of phenolic OH excluding ortho intramolecular Hbond substituents is 1. The van der Waals surface area contributed by atoms with Crippen molar-refractivity contribution in [2.75, 3.05) is 20.3 Å². The van der Waals surface area contributed by atoms with E-state index in [1.54, 1.807) is 7.05 Å². The highest BCUT2D eigenvalue weighted by molar-refractivity contribution is 7.89. The van der Waals surface area contributed by atoms with E-state index in [4.69, 9.17) is 9.84 Å². The predicted molar refractivity (Wildman–Crippen MR) is 62.3 cm³/mol. The molecule has 1 heterocycles. The Morgan fingerprint density at radius 2 is 2.00 bits per heavy atom. The molecular weight excluding hydrogens is 242 g/mol. The highest BCUT2D eigenvalue weighted by Crippen LogP contribution is 2.22. The lowest BCUT2D eigenvalue weighted by atomic mass is 10.3. The standard InChI is InChI=1S/C11H15NO4S/c1-12(9-6-7-16-8-9)17(14,15)11-4-2-10(13)3-5-11/h2-5,9,13H,6-8H2,1H3. The predicted octanol–water partition coefficient (Wildman–Crippen LogP) is 0.802. The van der Waals surface area contributed by atoms with Crippen LogP contribution in [0.25, 0.3) is 0 Å². The van der Waals surface area contributed by atoms with E-state index in [2.05, 4.69) is 0 Å². The average Bonchev–Trinajstić information content (AvgIpc) is 2.82. The molecule has 17 heavy (non-hydrogen) atoms. The molecule has 0 amide bonds. The van der Waals surface area contributed by atoms with Gasteiger partial charge in [-0.15, -0.1) is 0 Å². The molecule has 94 valence electrons. The molecule has 1 N–H and O–H groups in total. The van der Waals surface area contributed by atoms with E-state index in [0.29, 0.717) is 19.6 Å². The number of rotatable bonds is 3. The second-order valence-electron chi connectivity index (χ2n) is 4.03. The van der Waals surface area contributed by atoms with Crippen LogP contribution >= 0.6 is 0 Å². The van der Waals surface area contributed by atoms with Gasteiger partial charge in [0.1, 0.15) is 5.75 Å². The van der Waals surface area contributed by atoms with Crippen molar-refractivity contribution in [3.8, 4) is 5.75 Å². The molecule has 1 aromatic rings. The number of phenols is 1. The first-order valence-electron chi connectivity index (χ1n) is 5.36. The Bertz CT molecular complexity index is 477. The van der Waals surface area contributed by atoms with E-state index in [-0.39, 0.29) is 16.7 Å². The second-order valence-corrected chi connectivity index (χ2v) is 6.03. The summed E-state index contributed by atoms with van der Waals surface area (Å²) in [6.45, 7) is 1.04. The molecule has 0 aromatic heterocycles. The van der Waals surface area contributed by atoms with Gasteiger partial charge in [0, 0.05) is 13.7 Å². The number of aromatic hydroxyl groups is 1. The molecule has 0 aliphatic carbocycles. The number of hydrogen-bond acceptors (Lipinski definition) is 4. The Kier molecular flexibility index (Phi) is 3.37. The monoisotopic (exact) mass is 257 g/mol. The summed E-state index contributed by atoms with van der Waals surface area (Å²) in [7, 11) is -1.94. The van der Waals surface area contributed by atoms with Gasteiger partial charge in [-0.1, -0.05) is 0 Å². The van der Waals surface area contributed by atoms with Gasteiger partial charge in [-0.05, 0) is 30.7 Å². The SMILES string of the molecule is CN(C1CCOC1)S(=O)(=O)c1ccc(O)cc1. The molecule has 0 saturated carbocycles. The summed E-state index contributed by atoms with van der Waals surface area (Å²) >= 11 is 0. The van der Waals surface area contributed by atoms with Crippen LogP contribution < -0.4 is 0 Å². The molecular formula is C11H15NO4S. The van der Waals surface area contributed by atoms with Crippen molar-refractivity contribution >= 4 is 10.0 Å². The molecule has 2 rings (SSSR count).